The van der Waals surface area contributed by atoms with Crippen molar-refractivity contribution in [3.8, 4) is 0 Å². The van der Waals surface area contributed by atoms with Crippen LogP contribution >= 0.6 is 0 Å². The van der Waals surface area contributed by atoms with E-state index in [9.17, 15) is 0 Å². The van der Waals surface area contributed by atoms with Gasteiger partial charge in [-0.3, -0.25) is 0 Å². The predicted molar refractivity (Wildman–Crippen MR) is 79.0 cm³/mol. The fraction of sp³-hybridized carbons (Fsp3) is 0.647. The summed E-state index contributed by atoms with van der Waals surface area (Å²) >= 11 is 0. The number of hydrogen-bond donors (Lipinski definition) is 1. The Morgan fingerprint density at radius 2 is 1.83 bits per heavy atom. The van der Waals surface area contributed by atoms with Crippen LogP contribution in [0.1, 0.15) is 43.4 Å². The van der Waals surface area contributed by atoms with Crippen LogP contribution in [-0.4, -0.2) is 13.1 Å². The molecule has 1 nitrogen and oxygen atoms in total. The molecular weight excluding hydrogens is 218 g/mol. The smallest absolute Gasteiger partial charge is 0.00109 e. The molecule has 1 atom stereocenters. The predicted octanol–water partition coefficient (Wildman–Crippen LogP) is 3.87. The minimum atomic E-state index is 0.437. The second kappa shape index (κ2) is 5.44. The summed E-state index contributed by atoms with van der Waals surface area (Å²) < 4.78 is 0. The fourth-order valence-corrected chi connectivity index (χ4v) is 3.07. The maximum atomic E-state index is 3.57. The first-order chi connectivity index (χ1) is 8.57. The van der Waals surface area contributed by atoms with Crippen LogP contribution in [0.5, 0.6) is 0 Å². The Morgan fingerprint density at radius 1 is 1.22 bits per heavy atom. The minimum Gasteiger partial charge on any atom is -0.316 e. The van der Waals surface area contributed by atoms with Crippen molar-refractivity contribution in [1.29, 1.82) is 0 Å². The molecule has 2 rings (SSSR count). The monoisotopic (exact) mass is 245 g/mol. The molecule has 0 aliphatic heterocycles. The average Bonchev–Trinajstić information content (AvgIpc) is 3.16. The molecule has 1 aromatic rings. The molecule has 0 bridgehead atoms. The van der Waals surface area contributed by atoms with E-state index in [2.05, 4.69) is 51.2 Å². The highest BCUT2D eigenvalue weighted by Crippen LogP contribution is 2.47. The van der Waals surface area contributed by atoms with Crippen LogP contribution in [0.4, 0.5) is 0 Å². The molecular formula is C17H27N. The zero-order valence-corrected chi connectivity index (χ0v) is 12.3. The van der Waals surface area contributed by atoms with Crippen molar-refractivity contribution >= 4 is 0 Å². The van der Waals surface area contributed by atoms with E-state index < -0.39 is 0 Å². The lowest BCUT2D eigenvalue weighted by Crippen LogP contribution is -2.36. The number of aryl methyl sites for hydroxylation is 2. The summed E-state index contributed by atoms with van der Waals surface area (Å²) in [6.45, 7) is 11.4. The first-order valence-electron chi connectivity index (χ1n) is 7.32. The lowest BCUT2D eigenvalue weighted by molar-refractivity contribution is 0.257. The molecule has 1 aromatic carbocycles. The van der Waals surface area contributed by atoms with Crippen LogP contribution in [0.3, 0.4) is 0 Å². The van der Waals surface area contributed by atoms with Gasteiger partial charge in [-0.05, 0) is 67.7 Å². The molecule has 100 valence electrons. The van der Waals surface area contributed by atoms with Crippen molar-refractivity contribution in [2.45, 2.75) is 47.0 Å². The Kier molecular flexibility index (Phi) is 4.11. The summed E-state index contributed by atoms with van der Waals surface area (Å²) in [6.07, 6.45) is 4.07. The maximum Gasteiger partial charge on any atom is 0.00109 e. The van der Waals surface area contributed by atoms with Gasteiger partial charge in [-0.15, -0.1) is 0 Å². The van der Waals surface area contributed by atoms with Gasteiger partial charge in [-0.2, -0.15) is 0 Å². The van der Waals surface area contributed by atoms with Crippen LogP contribution in [-0.2, 0) is 6.42 Å². The van der Waals surface area contributed by atoms with E-state index in [1.165, 1.54) is 30.4 Å². The summed E-state index contributed by atoms with van der Waals surface area (Å²) in [5.41, 5.74) is 4.92. The Bertz CT molecular complexity index is 386. The van der Waals surface area contributed by atoms with E-state index in [0.29, 0.717) is 5.41 Å². The molecule has 1 unspecified atom stereocenters. The van der Waals surface area contributed by atoms with Crippen LogP contribution in [0.15, 0.2) is 18.2 Å². The molecule has 0 spiro atoms. The number of benzene rings is 1. The van der Waals surface area contributed by atoms with Gasteiger partial charge in [0.1, 0.15) is 0 Å². The van der Waals surface area contributed by atoms with Gasteiger partial charge in [0, 0.05) is 6.54 Å². The van der Waals surface area contributed by atoms with Gasteiger partial charge in [0.05, 0.1) is 0 Å². The number of hydrogen-bond acceptors (Lipinski definition) is 1. The van der Waals surface area contributed by atoms with E-state index in [1.807, 2.05) is 0 Å². The van der Waals surface area contributed by atoms with Crippen molar-refractivity contribution in [2.75, 3.05) is 13.1 Å². The largest absolute Gasteiger partial charge is 0.316 e. The average molecular weight is 245 g/mol. The molecule has 1 saturated carbocycles. The Morgan fingerprint density at radius 3 is 2.33 bits per heavy atom. The molecule has 1 N–H and O–H groups in total. The zero-order valence-electron chi connectivity index (χ0n) is 12.3. The molecule has 1 heteroatoms. The summed E-state index contributed by atoms with van der Waals surface area (Å²) in [5, 5.41) is 3.57. The van der Waals surface area contributed by atoms with Gasteiger partial charge >= 0.3 is 0 Å². The normalized spacial score (nSPS) is 18.7. The van der Waals surface area contributed by atoms with Gasteiger partial charge in [-0.1, -0.05) is 32.0 Å². The van der Waals surface area contributed by atoms with Crippen LogP contribution < -0.4 is 5.32 Å². The zero-order chi connectivity index (χ0) is 13.2. The molecule has 0 aromatic heterocycles. The Labute approximate surface area is 112 Å². The quantitative estimate of drug-likeness (QED) is 0.802. The molecule has 1 aliphatic carbocycles. The van der Waals surface area contributed by atoms with Crippen molar-refractivity contribution in [3.05, 3.63) is 34.9 Å². The van der Waals surface area contributed by atoms with E-state index in [0.717, 1.165) is 19.0 Å². The second-order valence-corrected chi connectivity index (χ2v) is 6.26. The first kappa shape index (κ1) is 13.6. The lowest BCUT2D eigenvalue weighted by Gasteiger charge is -2.31. The molecule has 0 amide bonds. The second-order valence-electron chi connectivity index (χ2n) is 6.26. The Hall–Kier alpha value is -0.820. The summed E-state index contributed by atoms with van der Waals surface area (Å²) in [7, 11) is 0. The van der Waals surface area contributed by atoms with Crippen LogP contribution in [0.2, 0.25) is 0 Å². The Balaban J connectivity index is 2.18. The van der Waals surface area contributed by atoms with E-state index >= 15 is 0 Å². The topological polar surface area (TPSA) is 12.0 Å². The van der Waals surface area contributed by atoms with Gasteiger partial charge in [0.25, 0.3) is 0 Å². The summed E-state index contributed by atoms with van der Waals surface area (Å²) in [5.74, 6) is 0.926. The van der Waals surface area contributed by atoms with Crippen LogP contribution in [0.25, 0.3) is 0 Å². The lowest BCUT2D eigenvalue weighted by atomic mass is 9.77. The highest BCUT2D eigenvalue weighted by molar-refractivity contribution is 5.34. The molecule has 0 saturated heterocycles. The minimum absolute atomic E-state index is 0.437. The van der Waals surface area contributed by atoms with Gasteiger partial charge in [-0.25, -0.2) is 0 Å². The molecule has 0 heterocycles. The maximum absolute atomic E-state index is 3.57. The standard InChI is InChI=1S/C17H27N/c1-5-18-12-17(4,15-9-10-15)11-16-13(2)7-6-8-14(16)3/h6-8,15,18H,5,9-12H2,1-4H3. The highest BCUT2D eigenvalue weighted by Gasteiger charge is 2.41. The third-order valence-corrected chi connectivity index (χ3v) is 4.57. The van der Waals surface area contributed by atoms with Crippen molar-refractivity contribution in [1.82, 2.24) is 5.32 Å². The number of rotatable bonds is 6. The molecule has 0 radical (unpaired) electrons. The van der Waals surface area contributed by atoms with Crippen molar-refractivity contribution < 1.29 is 0 Å². The third kappa shape index (κ3) is 2.95. The first-order valence-corrected chi connectivity index (χ1v) is 7.32. The molecule has 1 fully saturated rings. The summed E-state index contributed by atoms with van der Waals surface area (Å²) in [6, 6.07) is 6.68. The highest BCUT2D eigenvalue weighted by atomic mass is 14.9. The van der Waals surface area contributed by atoms with Gasteiger partial charge in [0.15, 0.2) is 0 Å². The molecule has 1 aliphatic rings. The van der Waals surface area contributed by atoms with Crippen LogP contribution in [0, 0.1) is 25.2 Å². The van der Waals surface area contributed by atoms with Gasteiger partial charge < -0.3 is 5.32 Å². The SMILES string of the molecule is CCNCC(C)(Cc1c(C)cccc1C)C1CC1. The number of nitrogens with one attached hydrogen (secondary N) is 1. The fourth-order valence-electron chi connectivity index (χ4n) is 3.07. The van der Waals surface area contributed by atoms with E-state index in [1.54, 1.807) is 5.56 Å². The molecule has 18 heavy (non-hydrogen) atoms. The summed E-state index contributed by atoms with van der Waals surface area (Å²) in [4.78, 5) is 0. The van der Waals surface area contributed by atoms with E-state index in [-0.39, 0.29) is 0 Å². The van der Waals surface area contributed by atoms with E-state index in [4.69, 9.17) is 0 Å². The van der Waals surface area contributed by atoms with Crippen molar-refractivity contribution in [2.24, 2.45) is 11.3 Å². The van der Waals surface area contributed by atoms with Gasteiger partial charge in [0.2, 0.25) is 0 Å². The third-order valence-electron chi connectivity index (χ3n) is 4.57. The van der Waals surface area contributed by atoms with Crippen molar-refractivity contribution in [3.63, 3.8) is 0 Å².